The minimum Gasteiger partial charge on any atom is -0.424 e. The fraction of sp³-hybridized carbons (Fsp3) is 0.545. The van der Waals surface area contributed by atoms with Gasteiger partial charge in [-0.05, 0) is 12.8 Å². The number of amides is 1. The van der Waals surface area contributed by atoms with Gasteiger partial charge in [0.25, 0.3) is 0 Å². The highest BCUT2D eigenvalue weighted by Gasteiger charge is 2.26. The van der Waals surface area contributed by atoms with E-state index in [1.807, 2.05) is 11.0 Å². The molecule has 17 heavy (non-hydrogen) atoms. The highest BCUT2D eigenvalue weighted by atomic mass is 16.4. The number of oxazole rings is 1. The Bertz CT molecular complexity index is 466. The van der Waals surface area contributed by atoms with E-state index < -0.39 is 0 Å². The van der Waals surface area contributed by atoms with Gasteiger partial charge >= 0.3 is 0 Å². The predicted octanol–water partition coefficient (Wildman–Crippen LogP) is 0.556. The molecular weight excluding hydrogens is 220 g/mol. The number of nitrogens with zero attached hydrogens (tertiary/aromatic N) is 3. The third-order valence-electron chi connectivity index (χ3n) is 3.01. The molecule has 0 aromatic carbocycles. The summed E-state index contributed by atoms with van der Waals surface area (Å²) in [6.07, 6.45) is 1.39. The number of primary amides is 1. The van der Waals surface area contributed by atoms with Gasteiger partial charge in [0, 0.05) is 25.9 Å². The van der Waals surface area contributed by atoms with Gasteiger partial charge in [-0.1, -0.05) is 0 Å². The van der Waals surface area contributed by atoms with Crippen LogP contribution in [-0.4, -0.2) is 24.0 Å². The van der Waals surface area contributed by atoms with Crippen LogP contribution in [0.2, 0.25) is 0 Å². The van der Waals surface area contributed by atoms with Crippen LogP contribution in [0.3, 0.4) is 0 Å². The van der Waals surface area contributed by atoms with Crippen LogP contribution in [0.5, 0.6) is 0 Å². The van der Waals surface area contributed by atoms with Crippen LogP contribution in [0.25, 0.3) is 0 Å². The SMILES string of the molecule is Cc1nc(C#N)c(N2CCC(C(N)=O)CC2)o1. The van der Waals surface area contributed by atoms with Crippen molar-refractivity contribution < 1.29 is 9.21 Å². The van der Waals surface area contributed by atoms with Gasteiger partial charge in [0.05, 0.1) is 0 Å². The lowest BCUT2D eigenvalue weighted by atomic mass is 9.96. The molecule has 1 aliphatic heterocycles. The van der Waals surface area contributed by atoms with Crippen LogP contribution in [0.15, 0.2) is 4.42 Å². The molecule has 1 fully saturated rings. The zero-order chi connectivity index (χ0) is 12.4. The van der Waals surface area contributed by atoms with Crippen molar-refractivity contribution in [2.75, 3.05) is 18.0 Å². The largest absolute Gasteiger partial charge is 0.424 e. The number of piperidine rings is 1. The summed E-state index contributed by atoms with van der Waals surface area (Å²) in [6, 6.07) is 2.01. The molecule has 0 unspecified atom stereocenters. The summed E-state index contributed by atoms with van der Waals surface area (Å²) in [6.45, 7) is 3.04. The number of hydrogen-bond donors (Lipinski definition) is 1. The lowest BCUT2D eigenvalue weighted by molar-refractivity contribution is -0.122. The fourth-order valence-electron chi connectivity index (χ4n) is 2.07. The highest BCUT2D eigenvalue weighted by Crippen LogP contribution is 2.26. The summed E-state index contributed by atoms with van der Waals surface area (Å²) in [4.78, 5) is 17.0. The van der Waals surface area contributed by atoms with Crippen LogP contribution in [-0.2, 0) is 4.79 Å². The molecule has 90 valence electrons. The summed E-state index contributed by atoms with van der Waals surface area (Å²) in [5.74, 6) is 0.668. The van der Waals surface area contributed by atoms with E-state index in [9.17, 15) is 4.79 Å². The first-order valence-corrected chi connectivity index (χ1v) is 5.53. The monoisotopic (exact) mass is 234 g/mol. The van der Waals surface area contributed by atoms with Crippen molar-refractivity contribution in [2.24, 2.45) is 11.7 Å². The van der Waals surface area contributed by atoms with Crippen molar-refractivity contribution in [2.45, 2.75) is 19.8 Å². The summed E-state index contributed by atoms with van der Waals surface area (Å²) < 4.78 is 5.42. The van der Waals surface area contributed by atoms with Crippen molar-refractivity contribution in [1.82, 2.24) is 4.98 Å². The van der Waals surface area contributed by atoms with Gasteiger partial charge in [-0.3, -0.25) is 4.79 Å². The summed E-state index contributed by atoms with van der Waals surface area (Å²) >= 11 is 0. The molecule has 2 heterocycles. The molecule has 0 atom stereocenters. The van der Waals surface area contributed by atoms with Crippen LogP contribution < -0.4 is 10.6 Å². The number of anilines is 1. The summed E-state index contributed by atoms with van der Waals surface area (Å²) in [7, 11) is 0. The van der Waals surface area contributed by atoms with Gasteiger partial charge in [0.2, 0.25) is 17.5 Å². The van der Waals surface area contributed by atoms with Gasteiger partial charge in [-0.2, -0.15) is 5.26 Å². The normalized spacial score (nSPS) is 16.8. The van der Waals surface area contributed by atoms with E-state index in [2.05, 4.69) is 4.98 Å². The number of nitrogens with two attached hydrogens (primary N) is 1. The number of hydrogen-bond acceptors (Lipinski definition) is 5. The minimum absolute atomic E-state index is 0.0687. The van der Waals surface area contributed by atoms with Gasteiger partial charge in [0.1, 0.15) is 6.07 Å². The zero-order valence-corrected chi connectivity index (χ0v) is 9.64. The van der Waals surface area contributed by atoms with E-state index in [1.165, 1.54) is 0 Å². The van der Waals surface area contributed by atoms with E-state index in [0.29, 0.717) is 43.4 Å². The number of rotatable bonds is 2. The zero-order valence-electron chi connectivity index (χ0n) is 9.64. The molecule has 0 bridgehead atoms. The second-order valence-corrected chi connectivity index (χ2v) is 4.16. The average Bonchev–Trinajstić information content (AvgIpc) is 2.70. The molecule has 6 nitrogen and oxygen atoms in total. The lowest BCUT2D eigenvalue weighted by Gasteiger charge is -2.30. The smallest absolute Gasteiger partial charge is 0.234 e. The lowest BCUT2D eigenvalue weighted by Crippen LogP contribution is -2.38. The maximum atomic E-state index is 11.0. The van der Waals surface area contributed by atoms with Crippen LogP contribution >= 0.6 is 0 Å². The molecule has 6 heteroatoms. The molecule has 0 radical (unpaired) electrons. The molecule has 2 rings (SSSR count). The number of aryl methyl sites for hydroxylation is 1. The van der Waals surface area contributed by atoms with Crippen LogP contribution in [0.4, 0.5) is 5.88 Å². The van der Waals surface area contributed by atoms with E-state index >= 15 is 0 Å². The molecule has 1 saturated heterocycles. The van der Waals surface area contributed by atoms with E-state index in [1.54, 1.807) is 6.92 Å². The van der Waals surface area contributed by atoms with Crippen molar-refractivity contribution in [1.29, 1.82) is 5.26 Å². The summed E-state index contributed by atoms with van der Waals surface area (Å²) in [5, 5.41) is 8.93. The Balaban J connectivity index is 2.10. The highest BCUT2D eigenvalue weighted by molar-refractivity contribution is 5.77. The maximum Gasteiger partial charge on any atom is 0.234 e. The molecule has 1 aromatic heterocycles. The topological polar surface area (TPSA) is 96.1 Å². The molecule has 2 N–H and O–H groups in total. The molecular formula is C11H14N4O2. The first kappa shape index (κ1) is 11.5. The molecule has 1 amide bonds. The Labute approximate surface area is 99.0 Å². The number of carbonyl (C=O) groups is 1. The Morgan fingerprint density at radius 2 is 2.24 bits per heavy atom. The average molecular weight is 234 g/mol. The van der Waals surface area contributed by atoms with Gasteiger partial charge in [0.15, 0.2) is 5.89 Å². The molecule has 0 spiro atoms. The summed E-state index contributed by atoms with van der Waals surface area (Å²) in [5.41, 5.74) is 5.57. The molecule has 1 aliphatic rings. The first-order chi connectivity index (χ1) is 8.11. The predicted molar refractivity (Wildman–Crippen MR) is 60.1 cm³/mol. The van der Waals surface area contributed by atoms with Crippen molar-refractivity contribution in [3.8, 4) is 6.07 Å². The third kappa shape index (κ3) is 2.23. The minimum atomic E-state index is -0.251. The number of nitriles is 1. The van der Waals surface area contributed by atoms with Crippen LogP contribution in [0, 0.1) is 24.2 Å². The van der Waals surface area contributed by atoms with Crippen molar-refractivity contribution in [3.05, 3.63) is 11.6 Å². The van der Waals surface area contributed by atoms with Crippen molar-refractivity contribution >= 4 is 11.8 Å². The fourth-order valence-corrected chi connectivity index (χ4v) is 2.07. The quantitative estimate of drug-likeness (QED) is 0.806. The molecule has 0 aliphatic carbocycles. The number of aromatic nitrogens is 1. The Kier molecular flexibility index (Phi) is 3.00. The standard InChI is InChI=1S/C11H14N4O2/c1-7-14-9(6-12)11(17-7)15-4-2-8(3-5-15)10(13)16/h8H,2-5H2,1H3,(H2,13,16). The molecule has 1 aromatic rings. The third-order valence-corrected chi connectivity index (χ3v) is 3.01. The van der Waals surface area contributed by atoms with Gasteiger partial charge < -0.3 is 15.1 Å². The van der Waals surface area contributed by atoms with Crippen LogP contribution in [0.1, 0.15) is 24.4 Å². The van der Waals surface area contributed by atoms with E-state index in [4.69, 9.17) is 15.4 Å². The van der Waals surface area contributed by atoms with E-state index in [-0.39, 0.29) is 11.8 Å². The maximum absolute atomic E-state index is 11.0. The second kappa shape index (κ2) is 4.45. The Morgan fingerprint density at radius 3 is 2.76 bits per heavy atom. The van der Waals surface area contributed by atoms with Gasteiger partial charge in [-0.15, -0.1) is 0 Å². The second-order valence-electron chi connectivity index (χ2n) is 4.16. The van der Waals surface area contributed by atoms with Gasteiger partial charge in [-0.25, -0.2) is 4.98 Å². The van der Waals surface area contributed by atoms with Crippen molar-refractivity contribution in [3.63, 3.8) is 0 Å². The molecule has 0 saturated carbocycles. The Morgan fingerprint density at radius 1 is 1.59 bits per heavy atom. The Hall–Kier alpha value is -2.03. The first-order valence-electron chi connectivity index (χ1n) is 5.53. The number of carbonyl (C=O) groups excluding carboxylic acids is 1. The van der Waals surface area contributed by atoms with E-state index in [0.717, 1.165) is 0 Å².